The molecule has 0 aliphatic rings. The molecule has 8 nitrogen and oxygen atoms in total. The Morgan fingerprint density at radius 2 is 1.79 bits per heavy atom. The van der Waals surface area contributed by atoms with Gasteiger partial charge in [0, 0.05) is 19.2 Å². The van der Waals surface area contributed by atoms with Gasteiger partial charge < -0.3 is 25.5 Å². The lowest BCUT2D eigenvalue weighted by Crippen LogP contribution is -2.51. The van der Waals surface area contributed by atoms with Gasteiger partial charge in [0.25, 0.3) is 0 Å². The maximum atomic E-state index is 11.9. The fraction of sp³-hybridized carbons (Fsp3) is 0.727. The number of carboxylic acids is 2. The van der Waals surface area contributed by atoms with Crippen LogP contribution < -0.4 is 5.32 Å². The van der Waals surface area contributed by atoms with E-state index in [9.17, 15) is 14.4 Å². The SMILES string of the molecule is CC(C)N(CCCO)C(=O)N[C@H](CC(=O)O)C(=O)O. The van der Waals surface area contributed by atoms with Crippen molar-refractivity contribution >= 4 is 18.0 Å². The van der Waals surface area contributed by atoms with Crippen LogP contribution in [-0.2, 0) is 9.59 Å². The van der Waals surface area contributed by atoms with E-state index in [1.54, 1.807) is 13.8 Å². The zero-order valence-corrected chi connectivity index (χ0v) is 11.0. The summed E-state index contributed by atoms with van der Waals surface area (Å²) in [6.45, 7) is 3.65. The van der Waals surface area contributed by atoms with Gasteiger partial charge in [-0.1, -0.05) is 0 Å². The van der Waals surface area contributed by atoms with E-state index in [0.717, 1.165) is 0 Å². The van der Waals surface area contributed by atoms with Crippen LogP contribution in [0.15, 0.2) is 0 Å². The van der Waals surface area contributed by atoms with Crippen molar-refractivity contribution in [2.75, 3.05) is 13.2 Å². The highest BCUT2D eigenvalue weighted by atomic mass is 16.4. The van der Waals surface area contributed by atoms with Crippen molar-refractivity contribution in [1.29, 1.82) is 0 Å². The van der Waals surface area contributed by atoms with Crippen molar-refractivity contribution in [1.82, 2.24) is 10.2 Å². The highest BCUT2D eigenvalue weighted by Gasteiger charge is 2.26. The van der Waals surface area contributed by atoms with E-state index in [-0.39, 0.29) is 19.2 Å². The van der Waals surface area contributed by atoms with E-state index in [2.05, 4.69) is 5.32 Å². The summed E-state index contributed by atoms with van der Waals surface area (Å²) in [6.07, 6.45) is -0.324. The first-order valence-electron chi connectivity index (χ1n) is 5.92. The molecule has 0 fully saturated rings. The first-order chi connectivity index (χ1) is 8.79. The number of rotatable bonds is 8. The summed E-state index contributed by atoms with van der Waals surface area (Å²) in [5, 5.41) is 28.3. The average Bonchev–Trinajstić information content (AvgIpc) is 2.27. The number of urea groups is 1. The normalized spacial score (nSPS) is 12.0. The molecule has 4 N–H and O–H groups in total. The number of aliphatic carboxylic acids is 2. The third-order valence-corrected chi connectivity index (χ3v) is 2.42. The van der Waals surface area contributed by atoms with Crippen LogP contribution in [0.25, 0.3) is 0 Å². The van der Waals surface area contributed by atoms with Crippen LogP contribution in [0.3, 0.4) is 0 Å². The zero-order valence-electron chi connectivity index (χ0n) is 11.0. The Morgan fingerprint density at radius 1 is 1.21 bits per heavy atom. The molecule has 0 spiro atoms. The largest absolute Gasteiger partial charge is 0.481 e. The maximum Gasteiger partial charge on any atom is 0.326 e. The van der Waals surface area contributed by atoms with E-state index in [1.165, 1.54) is 4.90 Å². The van der Waals surface area contributed by atoms with Gasteiger partial charge in [-0.25, -0.2) is 9.59 Å². The van der Waals surface area contributed by atoms with Crippen LogP contribution >= 0.6 is 0 Å². The highest BCUT2D eigenvalue weighted by Crippen LogP contribution is 2.02. The zero-order chi connectivity index (χ0) is 15.0. The Balaban J connectivity index is 4.65. The van der Waals surface area contributed by atoms with E-state index in [4.69, 9.17) is 15.3 Å². The summed E-state index contributed by atoms with van der Waals surface area (Å²) in [5.74, 6) is -2.71. The molecule has 19 heavy (non-hydrogen) atoms. The third kappa shape index (κ3) is 6.61. The summed E-state index contributed by atoms with van der Waals surface area (Å²) >= 11 is 0. The summed E-state index contributed by atoms with van der Waals surface area (Å²) in [6, 6.07) is -2.32. The van der Waals surface area contributed by atoms with Crippen molar-refractivity contribution in [2.45, 2.75) is 38.8 Å². The van der Waals surface area contributed by atoms with Gasteiger partial charge in [0.15, 0.2) is 0 Å². The van der Waals surface area contributed by atoms with Crippen LogP contribution in [-0.4, -0.2) is 63.4 Å². The van der Waals surface area contributed by atoms with Crippen molar-refractivity contribution in [3.8, 4) is 0 Å². The number of amides is 2. The third-order valence-electron chi connectivity index (χ3n) is 2.42. The lowest BCUT2D eigenvalue weighted by atomic mass is 10.2. The van der Waals surface area contributed by atoms with Gasteiger partial charge in [0.05, 0.1) is 6.42 Å². The number of nitrogens with zero attached hydrogens (tertiary/aromatic N) is 1. The molecular weight excluding hydrogens is 256 g/mol. The van der Waals surface area contributed by atoms with Crippen LogP contribution in [0.5, 0.6) is 0 Å². The molecule has 0 rings (SSSR count). The fourth-order valence-corrected chi connectivity index (χ4v) is 1.44. The minimum atomic E-state index is -1.47. The molecule has 0 bridgehead atoms. The minimum Gasteiger partial charge on any atom is -0.481 e. The van der Waals surface area contributed by atoms with Crippen molar-refractivity contribution in [3.63, 3.8) is 0 Å². The van der Waals surface area contributed by atoms with Gasteiger partial charge in [-0.2, -0.15) is 0 Å². The topological polar surface area (TPSA) is 127 Å². The van der Waals surface area contributed by atoms with E-state index >= 15 is 0 Å². The molecule has 0 radical (unpaired) electrons. The average molecular weight is 276 g/mol. The molecule has 110 valence electrons. The fourth-order valence-electron chi connectivity index (χ4n) is 1.44. The smallest absolute Gasteiger partial charge is 0.326 e. The monoisotopic (exact) mass is 276 g/mol. The number of hydrogen-bond donors (Lipinski definition) is 4. The number of aliphatic hydroxyl groups excluding tert-OH is 1. The Morgan fingerprint density at radius 3 is 2.16 bits per heavy atom. The van der Waals surface area contributed by atoms with Crippen molar-refractivity contribution in [3.05, 3.63) is 0 Å². The minimum absolute atomic E-state index is 0.0893. The summed E-state index contributed by atoms with van der Waals surface area (Å²) in [7, 11) is 0. The Bertz CT molecular complexity index is 331. The lowest BCUT2D eigenvalue weighted by molar-refractivity contribution is -0.145. The molecule has 0 heterocycles. The molecule has 8 heteroatoms. The number of carbonyl (C=O) groups excluding carboxylic acids is 1. The second-order valence-electron chi connectivity index (χ2n) is 4.30. The number of nitrogens with one attached hydrogen (secondary N) is 1. The molecule has 0 unspecified atom stereocenters. The van der Waals surface area contributed by atoms with Gasteiger partial charge in [0.2, 0.25) is 0 Å². The Hall–Kier alpha value is -1.83. The molecular formula is C11H20N2O6. The number of aliphatic hydroxyl groups is 1. The first kappa shape index (κ1) is 17.2. The molecule has 0 aromatic rings. The lowest BCUT2D eigenvalue weighted by Gasteiger charge is -2.28. The van der Waals surface area contributed by atoms with Gasteiger partial charge in [-0.3, -0.25) is 4.79 Å². The van der Waals surface area contributed by atoms with Crippen molar-refractivity contribution < 1.29 is 29.7 Å². The highest BCUT2D eigenvalue weighted by molar-refractivity contribution is 5.86. The Labute approximate surface area is 111 Å². The van der Waals surface area contributed by atoms with Crippen LogP contribution in [0.2, 0.25) is 0 Å². The molecule has 2 amide bonds. The second-order valence-corrected chi connectivity index (χ2v) is 4.30. The standard InChI is InChI=1S/C11H20N2O6/c1-7(2)13(4-3-5-14)11(19)12-8(10(17)18)6-9(15)16/h7-8,14H,3-6H2,1-2H3,(H,12,19)(H,15,16)(H,17,18)/t8-/m1/s1. The van der Waals surface area contributed by atoms with Gasteiger partial charge >= 0.3 is 18.0 Å². The summed E-state index contributed by atoms with van der Waals surface area (Å²) in [4.78, 5) is 34.6. The Kier molecular flexibility index (Phi) is 7.50. The number of carbonyl (C=O) groups is 3. The van der Waals surface area contributed by atoms with Gasteiger partial charge in [0.1, 0.15) is 6.04 Å². The van der Waals surface area contributed by atoms with E-state index in [1.807, 2.05) is 0 Å². The second kappa shape index (κ2) is 8.30. The number of carboxylic acid groups (broad SMARTS) is 2. The summed E-state index contributed by atoms with van der Waals surface area (Å²) in [5.41, 5.74) is 0. The maximum absolute atomic E-state index is 11.9. The van der Waals surface area contributed by atoms with Gasteiger partial charge in [-0.05, 0) is 20.3 Å². The molecule has 0 saturated heterocycles. The predicted octanol–water partition coefficient (Wildman–Crippen LogP) is -0.283. The molecule has 0 aromatic carbocycles. The van der Waals surface area contributed by atoms with E-state index in [0.29, 0.717) is 6.42 Å². The molecule has 0 aliphatic heterocycles. The van der Waals surface area contributed by atoms with Crippen LogP contribution in [0.4, 0.5) is 4.79 Å². The van der Waals surface area contributed by atoms with Crippen molar-refractivity contribution in [2.24, 2.45) is 0 Å². The van der Waals surface area contributed by atoms with Crippen LogP contribution in [0, 0.1) is 0 Å². The molecule has 0 aliphatic carbocycles. The predicted molar refractivity (Wildman–Crippen MR) is 65.8 cm³/mol. The molecule has 1 atom stereocenters. The quantitative estimate of drug-likeness (QED) is 0.482. The number of hydrogen-bond acceptors (Lipinski definition) is 4. The molecule has 0 saturated carbocycles. The summed E-state index contributed by atoms with van der Waals surface area (Å²) < 4.78 is 0. The molecule has 0 aromatic heterocycles. The van der Waals surface area contributed by atoms with Gasteiger partial charge in [-0.15, -0.1) is 0 Å². The van der Waals surface area contributed by atoms with E-state index < -0.39 is 30.4 Å². The van der Waals surface area contributed by atoms with Crippen LogP contribution in [0.1, 0.15) is 26.7 Å². The first-order valence-corrected chi connectivity index (χ1v) is 5.92.